The summed E-state index contributed by atoms with van der Waals surface area (Å²) in [6.45, 7) is 0.955. The molecule has 0 saturated heterocycles. The van der Waals surface area contributed by atoms with E-state index in [0.29, 0.717) is 17.9 Å². The first-order chi connectivity index (χ1) is 4.68. The Bertz CT molecular complexity index is 81.1. The van der Waals surface area contributed by atoms with E-state index in [0.717, 1.165) is 0 Å². The van der Waals surface area contributed by atoms with E-state index < -0.39 is 0 Å². The van der Waals surface area contributed by atoms with Crippen molar-refractivity contribution >= 4 is 0 Å². The molecule has 4 heteroatoms. The van der Waals surface area contributed by atoms with Crippen LogP contribution in [0, 0.1) is 0 Å². The molecule has 0 atom stereocenters. The van der Waals surface area contributed by atoms with Gasteiger partial charge in [-0.3, -0.25) is 4.48 Å². The maximum absolute atomic E-state index is 8.86. The molecule has 0 aromatic rings. The van der Waals surface area contributed by atoms with Crippen LogP contribution in [0.15, 0.2) is 0 Å². The Hall–Kier alpha value is -0.160. The lowest BCUT2D eigenvalue weighted by atomic mass is 10.7. The minimum atomic E-state index is 0.0294. The van der Waals surface area contributed by atoms with Crippen LogP contribution in [0.4, 0.5) is 0 Å². The van der Waals surface area contributed by atoms with Gasteiger partial charge in [0.1, 0.15) is 0 Å². The van der Waals surface area contributed by atoms with Gasteiger partial charge in [0.25, 0.3) is 0 Å². The van der Waals surface area contributed by atoms with Crippen LogP contribution in [0.1, 0.15) is 0 Å². The lowest BCUT2D eigenvalue weighted by molar-refractivity contribution is -0.960. The molecule has 0 aromatic carbocycles. The Morgan fingerprint density at radius 2 is 1.60 bits per heavy atom. The monoisotopic (exact) mass is 150 g/mol. The molecule has 0 saturated carbocycles. The first kappa shape index (κ1) is 9.84. The fraction of sp³-hybridized carbons (Fsp3) is 1.00. The molecule has 0 aliphatic carbocycles. The van der Waals surface area contributed by atoms with Crippen LogP contribution in [0.25, 0.3) is 0 Å². The topological polar surface area (TPSA) is 38.7 Å². The maximum Gasteiger partial charge on any atom is 0.186 e. The van der Waals surface area contributed by atoms with Gasteiger partial charge in [-0.05, 0) is 0 Å². The van der Waals surface area contributed by atoms with Gasteiger partial charge < -0.3 is 14.6 Å². The van der Waals surface area contributed by atoms with Gasteiger partial charge in [-0.1, -0.05) is 0 Å². The van der Waals surface area contributed by atoms with E-state index in [1.54, 1.807) is 14.2 Å². The van der Waals surface area contributed by atoms with E-state index in [1.807, 2.05) is 7.05 Å². The number of aliphatic hydroxyl groups excluding tert-OH is 1. The van der Waals surface area contributed by atoms with Crippen LogP contribution < -0.4 is 0 Å². The smallest absolute Gasteiger partial charge is 0.186 e. The van der Waals surface area contributed by atoms with Crippen molar-refractivity contribution in [2.45, 2.75) is 0 Å². The van der Waals surface area contributed by atoms with Crippen LogP contribution in [-0.4, -0.2) is 51.0 Å². The van der Waals surface area contributed by atoms with E-state index in [9.17, 15) is 0 Å². The van der Waals surface area contributed by atoms with Gasteiger partial charge in [-0.15, -0.1) is 0 Å². The Balaban J connectivity index is 3.69. The lowest BCUT2D eigenvalue weighted by Crippen LogP contribution is -2.47. The molecule has 0 fully saturated rings. The number of quaternary nitrogens is 1. The Kier molecular flexibility index (Phi) is 4.55. The second kappa shape index (κ2) is 4.62. The van der Waals surface area contributed by atoms with E-state index in [4.69, 9.17) is 14.6 Å². The van der Waals surface area contributed by atoms with Crippen molar-refractivity contribution in [3.63, 3.8) is 0 Å². The normalized spacial score (nSPS) is 12.0. The first-order valence-electron chi connectivity index (χ1n) is 3.11. The van der Waals surface area contributed by atoms with Crippen molar-refractivity contribution in [1.82, 2.24) is 0 Å². The number of rotatable bonds is 5. The van der Waals surface area contributed by atoms with E-state index >= 15 is 0 Å². The summed E-state index contributed by atoms with van der Waals surface area (Å²) in [6, 6.07) is 0. The lowest BCUT2D eigenvalue weighted by Gasteiger charge is -2.29. The highest BCUT2D eigenvalue weighted by atomic mass is 16.5. The molecule has 0 spiro atoms. The Morgan fingerprint density at radius 3 is 1.80 bits per heavy atom. The van der Waals surface area contributed by atoms with Gasteiger partial charge in [0.15, 0.2) is 20.2 Å². The zero-order chi connectivity index (χ0) is 8.04. The summed E-state index contributed by atoms with van der Waals surface area (Å²) in [7, 11) is 5.05. The quantitative estimate of drug-likeness (QED) is 0.428. The standard InChI is InChI=1S/C6H16NO3/c1-7(4-8,5-9-2)6-10-3/h8H,4-6H2,1-3H3/q+1. The van der Waals surface area contributed by atoms with Crippen LogP contribution in [0.3, 0.4) is 0 Å². The van der Waals surface area contributed by atoms with Crippen LogP contribution in [-0.2, 0) is 9.47 Å². The van der Waals surface area contributed by atoms with Gasteiger partial charge >= 0.3 is 0 Å². The number of hydrogen-bond acceptors (Lipinski definition) is 3. The summed E-state index contributed by atoms with van der Waals surface area (Å²) in [5, 5.41) is 8.86. The van der Waals surface area contributed by atoms with Crippen molar-refractivity contribution in [3.05, 3.63) is 0 Å². The Morgan fingerprint density at radius 1 is 1.20 bits per heavy atom. The van der Waals surface area contributed by atoms with Crippen molar-refractivity contribution < 1.29 is 19.1 Å². The van der Waals surface area contributed by atoms with Crippen molar-refractivity contribution in [2.24, 2.45) is 0 Å². The molecule has 0 rings (SSSR count). The average molecular weight is 150 g/mol. The van der Waals surface area contributed by atoms with Crippen molar-refractivity contribution in [3.8, 4) is 0 Å². The predicted octanol–water partition coefficient (Wildman–Crippen LogP) is -0.409. The van der Waals surface area contributed by atoms with Crippen LogP contribution in [0.5, 0.6) is 0 Å². The average Bonchev–Trinajstić information content (AvgIpc) is 1.89. The molecule has 0 radical (unpaired) electrons. The fourth-order valence-electron chi connectivity index (χ4n) is 0.742. The number of aliphatic hydroxyl groups is 1. The van der Waals surface area contributed by atoms with Crippen molar-refractivity contribution in [1.29, 1.82) is 0 Å². The molecule has 1 N–H and O–H groups in total. The molecule has 0 bridgehead atoms. The maximum atomic E-state index is 8.86. The number of nitrogens with zero attached hydrogens (tertiary/aromatic N) is 1. The van der Waals surface area contributed by atoms with Gasteiger partial charge in [0.2, 0.25) is 0 Å². The zero-order valence-electron chi connectivity index (χ0n) is 6.83. The largest absolute Gasteiger partial charge is 0.347 e. The molecular weight excluding hydrogens is 134 g/mol. The molecule has 0 aliphatic heterocycles. The summed E-state index contributed by atoms with van der Waals surface area (Å²) >= 11 is 0. The SMILES string of the molecule is COC[N+](C)(CO)COC. The van der Waals surface area contributed by atoms with Gasteiger partial charge in [-0.2, -0.15) is 0 Å². The third kappa shape index (κ3) is 3.12. The zero-order valence-corrected chi connectivity index (χ0v) is 6.83. The minimum absolute atomic E-state index is 0.0294. The van der Waals surface area contributed by atoms with Gasteiger partial charge in [0.05, 0.1) is 7.05 Å². The summed E-state index contributed by atoms with van der Waals surface area (Å²) in [5.41, 5.74) is 0. The molecule has 0 amide bonds. The molecule has 62 valence electrons. The summed E-state index contributed by atoms with van der Waals surface area (Å²) in [6.07, 6.45) is 0. The summed E-state index contributed by atoms with van der Waals surface area (Å²) in [4.78, 5) is 0. The molecule has 10 heavy (non-hydrogen) atoms. The predicted molar refractivity (Wildman–Crippen MR) is 37.0 cm³/mol. The van der Waals surface area contributed by atoms with E-state index in [2.05, 4.69) is 0 Å². The highest BCUT2D eigenvalue weighted by Crippen LogP contribution is 1.98. The third-order valence-electron chi connectivity index (χ3n) is 1.22. The van der Waals surface area contributed by atoms with Crippen LogP contribution >= 0.6 is 0 Å². The van der Waals surface area contributed by atoms with Gasteiger partial charge in [-0.25, -0.2) is 0 Å². The highest BCUT2D eigenvalue weighted by molar-refractivity contribution is 4.12. The molecule has 4 nitrogen and oxygen atoms in total. The van der Waals surface area contributed by atoms with E-state index in [1.165, 1.54) is 0 Å². The number of ether oxygens (including phenoxy) is 2. The third-order valence-corrected chi connectivity index (χ3v) is 1.22. The minimum Gasteiger partial charge on any atom is -0.347 e. The first-order valence-corrected chi connectivity index (χ1v) is 3.11. The molecule has 0 unspecified atom stereocenters. The molecule has 0 aliphatic rings. The highest BCUT2D eigenvalue weighted by Gasteiger charge is 2.18. The van der Waals surface area contributed by atoms with Crippen molar-refractivity contribution in [2.75, 3.05) is 41.5 Å². The molecule has 0 aromatic heterocycles. The number of methoxy groups -OCH3 is 2. The number of hydrogen-bond donors (Lipinski definition) is 1. The summed E-state index contributed by atoms with van der Waals surface area (Å²) in [5.74, 6) is 0. The molecular formula is C6H16NO3+. The molecule has 0 heterocycles. The second-order valence-electron chi connectivity index (χ2n) is 2.60. The fourth-order valence-corrected chi connectivity index (χ4v) is 0.742. The summed E-state index contributed by atoms with van der Waals surface area (Å²) < 4.78 is 10.1. The van der Waals surface area contributed by atoms with Crippen LogP contribution in [0.2, 0.25) is 0 Å². The second-order valence-corrected chi connectivity index (χ2v) is 2.60. The van der Waals surface area contributed by atoms with Gasteiger partial charge in [0, 0.05) is 14.2 Å². The van der Waals surface area contributed by atoms with E-state index in [-0.39, 0.29) is 6.73 Å². The Labute approximate surface area is 61.6 Å².